The van der Waals surface area contributed by atoms with Gasteiger partial charge in [-0.25, -0.2) is 4.98 Å². The van der Waals surface area contributed by atoms with Crippen molar-refractivity contribution in [3.05, 3.63) is 23.5 Å². The van der Waals surface area contributed by atoms with Gasteiger partial charge in [-0.05, 0) is 6.07 Å². The molecule has 0 amide bonds. The van der Waals surface area contributed by atoms with Crippen LogP contribution < -0.4 is 0 Å². The quantitative estimate of drug-likeness (QED) is 0.585. The summed E-state index contributed by atoms with van der Waals surface area (Å²) >= 11 is 9.92. The molecule has 0 N–H and O–H groups in total. The van der Waals surface area contributed by atoms with E-state index in [4.69, 9.17) is 11.6 Å². The first-order valence-corrected chi connectivity index (χ1v) is 3.02. The molecule has 0 atom stereocenters. The Kier molecular flexibility index (Phi) is 2.08. The van der Waals surface area contributed by atoms with Gasteiger partial charge in [-0.15, -0.1) is 0 Å². The van der Waals surface area contributed by atoms with E-state index in [0.717, 1.165) is 0 Å². The highest BCUT2D eigenvalue weighted by Crippen LogP contribution is 2.13. The van der Waals surface area contributed by atoms with Gasteiger partial charge in [0.1, 0.15) is 5.15 Å². The van der Waals surface area contributed by atoms with Gasteiger partial charge in [-0.2, -0.15) is 4.36 Å². The van der Waals surface area contributed by atoms with Crippen molar-refractivity contribution in [1.29, 1.82) is 0 Å². The van der Waals surface area contributed by atoms with E-state index >= 15 is 0 Å². The van der Waals surface area contributed by atoms with Crippen LogP contribution in [0.5, 0.6) is 0 Å². The van der Waals surface area contributed by atoms with Crippen molar-refractivity contribution in [3.8, 4) is 0 Å². The minimum atomic E-state index is 0.418. The van der Waals surface area contributed by atoms with Crippen LogP contribution in [0.2, 0.25) is 5.15 Å². The van der Waals surface area contributed by atoms with Gasteiger partial charge in [0.15, 0.2) is 0 Å². The molecule has 0 aliphatic rings. The third-order valence-electron chi connectivity index (χ3n) is 0.816. The average molecular weight is 159 g/mol. The zero-order valence-electron chi connectivity index (χ0n) is 4.41. The van der Waals surface area contributed by atoms with Crippen LogP contribution in [0.3, 0.4) is 0 Å². The SMILES string of the molecule is S=Nc1ccnc(Cl)c1. The lowest BCUT2D eigenvalue weighted by Crippen LogP contribution is -1.69. The first kappa shape index (κ1) is 6.58. The maximum absolute atomic E-state index is 5.51. The van der Waals surface area contributed by atoms with Crippen molar-refractivity contribution < 1.29 is 0 Å². The molecule has 9 heavy (non-hydrogen) atoms. The Morgan fingerprint density at radius 2 is 2.44 bits per heavy atom. The monoisotopic (exact) mass is 158 g/mol. The summed E-state index contributed by atoms with van der Waals surface area (Å²) in [6, 6.07) is 3.30. The molecule has 0 radical (unpaired) electrons. The molecule has 0 aromatic carbocycles. The lowest BCUT2D eigenvalue weighted by Gasteiger charge is -1.87. The normalized spacial score (nSPS) is 9.00. The summed E-state index contributed by atoms with van der Waals surface area (Å²) in [5.41, 5.74) is 0.671. The molecular weight excluding hydrogens is 156 g/mol. The van der Waals surface area contributed by atoms with Crippen molar-refractivity contribution in [1.82, 2.24) is 4.98 Å². The topological polar surface area (TPSA) is 25.2 Å². The number of aromatic nitrogens is 1. The molecule has 1 rings (SSSR count). The Bertz CT molecular complexity index is 226. The first-order chi connectivity index (χ1) is 4.33. The van der Waals surface area contributed by atoms with Gasteiger partial charge in [0.05, 0.1) is 5.69 Å². The minimum Gasteiger partial charge on any atom is -0.244 e. The molecule has 0 aliphatic carbocycles. The van der Waals surface area contributed by atoms with Crippen LogP contribution in [0.4, 0.5) is 5.69 Å². The molecule has 1 aromatic rings. The number of halogens is 1. The van der Waals surface area contributed by atoms with Crippen molar-refractivity contribution >= 4 is 29.7 Å². The predicted molar refractivity (Wildman–Crippen MR) is 38.7 cm³/mol. The number of hydrogen-bond acceptors (Lipinski definition) is 3. The lowest BCUT2D eigenvalue weighted by molar-refractivity contribution is 1.32. The van der Waals surface area contributed by atoms with E-state index in [1.54, 1.807) is 18.3 Å². The highest BCUT2D eigenvalue weighted by atomic mass is 35.5. The van der Waals surface area contributed by atoms with Gasteiger partial charge in [0.25, 0.3) is 0 Å². The summed E-state index contributed by atoms with van der Waals surface area (Å²) in [4.78, 5) is 3.75. The number of hydrogen-bond donors (Lipinski definition) is 0. The van der Waals surface area contributed by atoms with Crippen molar-refractivity contribution in [2.24, 2.45) is 4.36 Å². The van der Waals surface area contributed by atoms with E-state index in [1.807, 2.05) is 0 Å². The molecule has 1 heterocycles. The van der Waals surface area contributed by atoms with E-state index in [1.165, 1.54) is 0 Å². The maximum atomic E-state index is 5.51. The Morgan fingerprint density at radius 1 is 1.67 bits per heavy atom. The summed E-state index contributed by atoms with van der Waals surface area (Å²) in [6.07, 6.45) is 1.56. The van der Waals surface area contributed by atoms with Crippen LogP contribution in [0.25, 0.3) is 0 Å². The van der Waals surface area contributed by atoms with Gasteiger partial charge in [0, 0.05) is 24.7 Å². The lowest BCUT2D eigenvalue weighted by atomic mass is 10.4. The van der Waals surface area contributed by atoms with Crippen LogP contribution in [0.1, 0.15) is 0 Å². The van der Waals surface area contributed by atoms with Crippen LogP contribution in [-0.2, 0) is 12.4 Å². The second-order valence-electron chi connectivity index (χ2n) is 1.43. The first-order valence-electron chi connectivity index (χ1n) is 2.28. The van der Waals surface area contributed by atoms with Gasteiger partial charge in [-0.1, -0.05) is 11.6 Å². The van der Waals surface area contributed by atoms with Crippen LogP contribution in [-0.4, -0.2) is 4.98 Å². The molecule has 0 unspecified atom stereocenters. The van der Waals surface area contributed by atoms with Crippen molar-refractivity contribution in [2.75, 3.05) is 0 Å². The van der Waals surface area contributed by atoms with Crippen LogP contribution in [0.15, 0.2) is 22.7 Å². The standard InChI is InChI=1S/C5H3ClN2S/c6-5-3-4(8-9)1-2-7-5/h1-3H. The van der Waals surface area contributed by atoms with Crippen LogP contribution >= 0.6 is 11.6 Å². The average Bonchev–Trinajstić information content (AvgIpc) is 1.88. The molecular formula is C5H3ClN2S. The minimum absolute atomic E-state index is 0.418. The van der Waals surface area contributed by atoms with E-state index < -0.39 is 0 Å². The van der Waals surface area contributed by atoms with Gasteiger partial charge < -0.3 is 0 Å². The maximum Gasteiger partial charge on any atom is 0.131 e. The Balaban J connectivity index is 3.07. The van der Waals surface area contributed by atoms with E-state index in [9.17, 15) is 0 Å². The third kappa shape index (κ3) is 1.69. The summed E-state index contributed by atoms with van der Waals surface area (Å²) < 4.78 is 3.49. The number of pyridine rings is 1. The molecule has 4 heteroatoms. The zero-order chi connectivity index (χ0) is 6.69. The Labute approximate surface area is 63.0 Å². The number of nitrogens with zero attached hydrogens (tertiary/aromatic N) is 2. The molecule has 0 saturated carbocycles. The largest absolute Gasteiger partial charge is 0.244 e. The molecule has 46 valence electrons. The van der Waals surface area contributed by atoms with Crippen molar-refractivity contribution in [2.45, 2.75) is 0 Å². The highest BCUT2D eigenvalue weighted by Gasteiger charge is 1.88. The summed E-state index contributed by atoms with van der Waals surface area (Å²) in [7, 11) is 0. The van der Waals surface area contributed by atoms with Crippen LogP contribution in [0, 0.1) is 0 Å². The molecule has 0 saturated heterocycles. The highest BCUT2D eigenvalue weighted by molar-refractivity contribution is 7.47. The molecule has 0 bridgehead atoms. The zero-order valence-corrected chi connectivity index (χ0v) is 5.99. The molecule has 1 aromatic heterocycles. The van der Waals surface area contributed by atoms with Gasteiger partial charge in [-0.3, -0.25) is 0 Å². The van der Waals surface area contributed by atoms with E-state index in [-0.39, 0.29) is 0 Å². The second-order valence-corrected chi connectivity index (χ2v) is 2.00. The van der Waals surface area contributed by atoms with E-state index in [2.05, 4.69) is 21.8 Å². The van der Waals surface area contributed by atoms with E-state index in [0.29, 0.717) is 10.8 Å². The smallest absolute Gasteiger partial charge is 0.131 e. The molecule has 0 fully saturated rings. The summed E-state index contributed by atoms with van der Waals surface area (Å²) in [6.45, 7) is 0. The predicted octanol–water partition coefficient (Wildman–Crippen LogP) is 2.10. The summed E-state index contributed by atoms with van der Waals surface area (Å²) in [5, 5.41) is 0.418. The molecule has 0 spiro atoms. The fraction of sp³-hybridized carbons (Fsp3) is 0. The fourth-order valence-electron chi connectivity index (χ4n) is 0.449. The van der Waals surface area contributed by atoms with Crippen molar-refractivity contribution in [3.63, 3.8) is 0 Å². The molecule has 0 aliphatic heterocycles. The van der Waals surface area contributed by atoms with Gasteiger partial charge in [0.2, 0.25) is 0 Å². The number of rotatable bonds is 1. The third-order valence-corrected chi connectivity index (χ3v) is 1.23. The Morgan fingerprint density at radius 3 is 2.89 bits per heavy atom. The fourth-order valence-corrected chi connectivity index (χ4v) is 0.731. The van der Waals surface area contributed by atoms with Gasteiger partial charge >= 0.3 is 0 Å². The Hall–Kier alpha value is -0.540. The summed E-state index contributed by atoms with van der Waals surface area (Å²) in [5.74, 6) is 0. The molecule has 2 nitrogen and oxygen atoms in total. The second kappa shape index (κ2) is 2.85.